The van der Waals surface area contributed by atoms with Crippen LogP contribution in [0.3, 0.4) is 0 Å². The predicted octanol–water partition coefficient (Wildman–Crippen LogP) is 9.39. The van der Waals surface area contributed by atoms with Gasteiger partial charge in [-0.3, -0.25) is 4.79 Å². The van der Waals surface area contributed by atoms with Gasteiger partial charge in [0, 0.05) is 25.1 Å². The molecule has 6 heteroatoms. The molecule has 6 nitrogen and oxygen atoms in total. The van der Waals surface area contributed by atoms with E-state index in [0.717, 1.165) is 84.2 Å². The minimum Gasteiger partial charge on any atom is -0.456 e. The number of imidazole rings is 1. The van der Waals surface area contributed by atoms with Crippen molar-refractivity contribution in [2.24, 2.45) is 0 Å². The standard InChI is InChI=1S/C38H49N3O3/c1-7-10-18-33(35(42)15-9-3)39-29-21-23-32-34(25-29)41(36(40-32)19-11-8-2)26-27-20-22-30(28-16-13-12-14-17-28)31(24-27)37(43)44-38(4,5)6/h12-14,16-17,20-25,33,39H,7-11,15,18-19,26H2,1-6H3. The van der Waals surface area contributed by atoms with E-state index in [9.17, 15) is 9.59 Å². The number of hydrogen-bond acceptors (Lipinski definition) is 5. The van der Waals surface area contributed by atoms with Crippen molar-refractivity contribution in [2.75, 3.05) is 5.32 Å². The number of fused-ring (bicyclic) bond motifs is 1. The number of unbranched alkanes of at least 4 members (excludes halogenated alkanes) is 2. The Morgan fingerprint density at radius 2 is 1.66 bits per heavy atom. The van der Waals surface area contributed by atoms with Crippen molar-refractivity contribution >= 4 is 28.5 Å². The van der Waals surface area contributed by atoms with E-state index in [2.05, 4.69) is 48.9 Å². The second-order valence-electron chi connectivity index (χ2n) is 12.7. The largest absolute Gasteiger partial charge is 0.456 e. The molecule has 4 rings (SSSR count). The van der Waals surface area contributed by atoms with Gasteiger partial charge in [0.1, 0.15) is 11.4 Å². The van der Waals surface area contributed by atoms with Crippen molar-refractivity contribution in [3.63, 3.8) is 0 Å². The molecule has 0 aliphatic rings. The fourth-order valence-electron chi connectivity index (χ4n) is 5.55. The van der Waals surface area contributed by atoms with E-state index in [1.807, 2.05) is 69.3 Å². The van der Waals surface area contributed by atoms with Crippen molar-refractivity contribution < 1.29 is 14.3 Å². The number of ether oxygens (including phenoxy) is 1. The number of ketones is 1. The maximum absolute atomic E-state index is 13.5. The zero-order valence-corrected chi connectivity index (χ0v) is 27.4. The van der Waals surface area contributed by atoms with Crippen LogP contribution >= 0.6 is 0 Å². The Morgan fingerprint density at radius 1 is 0.909 bits per heavy atom. The molecule has 1 heterocycles. The van der Waals surface area contributed by atoms with Gasteiger partial charge in [-0.1, -0.05) is 82.5 Å². The van der Waals surface area contributed by atoms with Crippen LogP contribution in [0.15, 0.2) is 66.7 Å². The Kier molecular flexibility index (Phi) is 11.4. The summed E-state index contributed by atoms with van der Waals surface area (Å²) in [4.78, 5) is 31.4. The molecular weight excluding hydrogens is 546 g/mol. The number of Topliss-reactive ketones (excluding diaryl/α,β-unsaturated/α-hetero) is 1. The molecule has 0 saturated carbocycles. The number of nitrogens with zero attached hydrogens (tertiary/aromatic N) is 2. The molecule has 0 bridgehead atoms. The van der Waals surface area contributed by atoms with Crippen molar-refractivity contribution in [3.8, 4) is 11.1 Å². The van der Waals surface area contributed by atoms with Gasteiger partial charge in [0.2, 0.25) is 0 Å². The third-order valence-electron chi connectivity index (χ3n) is 7.78. The van der Waals surface area contributed by atoms with Crippen LogP contribution in [0.5, 0.6) is 0 Å². The van der Waals surface area contributed by atoms with Crippen molar-refractivity contribution in [2.45, 2.75) is 111 Å². The Bertz CT molecular complexity index is 1550. The summed E-state index contributed by atoms with van der Waals surface area (Å²) in [7, 11) is 0. The number of nitrogens with one attached hydrogen (secondary N) is 1. The summed E-state index contributed by atoms with van der Waals surface area (Å²) in [6, 6.07) is 22.1. The fraction of sp³-hybridized carbons (Fsp3) is 0.447. The first kappa shape index (κ1) is 33.0. The van der Waals surface area contributed by atoms with Crippen LogP contribution < -0.4 is 5.32 Å². The quantitative estimate of drug-likeness (QED) is 0.139. The van der Waals surface area contributed by atoms with Crippen LogP contribution in [-0.2, 0) is 22.5 Å². The molecule has 0 spiro atoms. The second-order valence-corrected chi connectivity index (χ2v) is 12.7. The number of rotatable bonds is 15. The number of esters is 1. The number of aryl methyl sites for hydroxylation is 1. The number of aromatic nitrogens is 2. The van der Waals surface area contributed by atoms with E-state index >= 15 is 0 Å². The zero-order valence-electron chi connectivity index (χ0n) is 27.4. The second kappa shape index (κ2) is 15.2. The first-order chi connectivity index (χ1) is 21.1. The summed E-state index contributed by atoms with van der Waals surface area (Å²) < 4.78 is 8.11. The van der Waals surface area contributed by atoms with E-state index in [-0.39, 0.29) is 17.8 Å². The summed E-state index contributed by atoms with van der Waals surface area (Å²) in [5.41, 5.74) is 5.66. The molecular formula is C38H49N3O3. The third-order valence-corrected chi connectivity index (χ3v) is 7.78. The molecule has 3 aromatic carbocycles. The van der Waals surface area contributed by atoms with Gasteiger partial charge in [-0.25, -0.2) is 9.78 Å². The number of carbonyl (C=O) groups is 2. The topological polar surface area (TPSA) is 73.2 Å². The van der Waals surface area contributed by atoms with E-state index < -0.39 is 5.60 Å². The first-order valence-corrected chi connectivity index (χ1v) is 16.3. The molecule has 0 amide bonds. The lowest BCUT2D eigenvalue weighted by Crippen LogP contribution is -2.29. The third kappa shape index (κ3) is 8.58. The molecule has 0 fully saturated rings. The van der Waals surface area contributed by atoms with Crippen molar-refractivity contribution in [1.82, 2.24) is 9.55 Å². The molecule has 0 radical (unpaired) electrons. The predicted molar refractivity (Wildman–Crippen MR) is 181 cm³/mol. The summed E-state index contributed by atoms with van der Waals surface area (Å²) in [6.45, 7) is 12.6. The van der Waals surface area contributed by atoms with E-state index in [1.54, 1.807) is 0 Å². The summed E-state index contributed by atoms with van der Waals surface area (Å²) in [5.74, 6) is 0.960. The Hall–Kier alpha value is -3.93. The van der Waals surface area contributed by atoms with E-state index in [4.69, 9.17) is 9.72 Å². The van der Waals surface area contributed by atoms with Crippen LogP contribution in [0.2, 0.25) is 0 Å². The van der Waals surface area contributed by atoms with Gasteiger partial charge in [-0.05, 0) is 81.0 Å². The number of hydrogen-bond donors (Lipinski definition) is 1. The lowest BCUT2D eigenvalue weighted by Gasteiger charge is -2.21. The highest BCUT2D eigenvalue weighted by atomic mass is 16.6. The van der Waals surface area contributed by atoms with Gasteiger partial charge < -0.3 is 14.6 Å². The summed E-state index contributed by atoms with van der Waals surface area (Å²) in [5, 5.41) is 3.55. The normalized spacial score (nSPS) is 12.3. The highest BCUT2D eigenvalue weighted by Gasteiger charge is 2.23. The number of benzene rings is 3. The van der Waals surface area contributed by atoms with E-state index in [0.29, 0.717) is 18.5 Å². The summed E-state index contributed by atoms with van der Waals surface area (Å²) in [6.07, 6.45) is 7.30. The SMILES string of the molecule is CCCCc1nc2ccc(NC(CCCC)C(=O)CCC)cc2n1Cc1ccc(-c2ccccc2)c(C(=O)OC(C)(C)C)c1. The molecule has 1 N–H and O–H groups in total. The van der Waals surface area contributed by atoms with Gasteiger partial charge in [-0.2, -0.15) is 0 Å². The minimum atomic E-state index is -0.605. The monoisotopic (exact) mass is 595 g/mol. The maximum Gasteiger partial charge on any atom is 0.339 e. The highest BCUT2D eigenvalue weighted by Crippen LogP contribution is 2.29. The lowest BCUT2D eigenvalue weighted by molar-refractivity contribution is -0.120. The Morgan fingerprint density at radius 3 is 2.34 bits per heavy atom. The maximum atomic E-state index is 13.5. The van der Waals surface area contributed by atoms with Crippen molar-refractivity contribution in [3.05, 3.63) is 83.7 Å². The molecule has 0 aliphatic heterocycles. The molecule has 1 aromatic heterocycles. The van der Waals surface area contributed by atoms with Gasteiger partial charge in [-0.15, -0.1) is 0 Å². The van der Waals surface area contributed by atoms with Gasteiger partial charge in [0.15, 0.2) is 5.78 Å². The van der Waals surface area contributed by atoms with Gasteiger partial charge in [0.05, 0.1) is 22.6 Å². The van der Waals surface area contributed by atoms with Crippen LogP contribution in [-0.4, -0.2) is 32.9 Å². The summed E-state index contributed by atoms with van der Waals surface area (Å²) >= 11 is 0. The fourth-order valence-corrected chi connectivity index (χ4v) is 5.55. The minimum absolute atomic E-state index is 0.190. The average Bonchev–Trinajstić information content (AvgIpc) is 3.33. The average molecular weight is 596 g/mol. The molecule has 44 heavy (non-hydrogen) atoms. The highest BCUT2D eigenvalue weighted by molar-refractivity contribution is 5.97. The molecule has 0 saturated heterocycles. The van der Waals surface area contributed by atoms with Crippen molar-refractivity contribution in [1.29, 1.82) is 0 Å². The zero-order chi connectivity index (χ0) is 31.7. The number of anilines is 1. The molecule has 4 aromatic rings. The molecule has 234 valence electrons. The smallest absolute Gasteiger partial charge is 0.339 e. The number of carbonyl (C=O) groups excluding carboxylic acids is 2. The van der Waals surface area contributed by atoms with Gasteiger partial charge in [0.25, 0.3) is 0 Å². The Labute approximate surface area is 263 Å². The molecule has 1 atom stereocenters. The lowest BCUT2D eigenvalue weighted by atomic mass is 9.97. The van der Waals surface area contributed by atoms with E-state index in [1.165, 1.54) is 0 Å². The molecule has 0 aliphatic carbocycles. The Balaban J connectivity index is 1.75. The van der Waals surface area contributed by atoms with Crippen LogP contribution in [0.25, 0.3) is 22.2 Å². The van der Waals surface area contributed by atoms with Crippen LogP contribution in [0, 0.1) is 0 Å². The van der Waals surface area contributed by atoms with Crippen LogP contribution in [0.1, 0.15) is 108 Å². The van der Waals surface area contributed by atoms with Crippen LogP contribution in [0.4, 0.5) is 5.69 Å². The molecule has 1 unspecified atom stereocenters. The van der Waals surface area contributed by atoms with Gasteiger partial charge >= 0.3 is 5.97 Å². The first-order valence-electron chi connectivity index (χ1n) is 16.3.